The fourth-order valence-electron chi connectivity index (χ4n) is 3.50. The number of rotatable bonds is 9. The van der Waals surface area contributed by atoms with Gasteiger partial charge in [0.15, 0.2) is 0 Å². The maximum absolute atomic E-state index is 10.1. The average Bonchev–Trinajstić information content (AvgIpc) is 2.35. The lowest BCUT2D eigenvalue weighted by Crippen LogP contribution is -2.41. The predicted molar refractivity (Wildman–Crippen MR) is 90.9 cm³/mol. The van der Waals surface area contributed by atoms with Crippen molar-refractivity contribution in [3.05, 3.63) is 0 Å². The SMILES string of the molecule is CCCCCC[C@@H]1[C@H](C)O[C@H](C[C@H](O)CC(C)C)C[C@@H]1Cl. The van der Waals surface area contributed by atoms with Gasteiger partial charge in [-0.3, -0.25) is 0 Å². The Morgan fingerprint density at radius 3 is 2.52 bits per heavy atom. The first-order valence-corrected chi connectivity index (χ1v) is 9.35. The Morgan fingerprint density at radius 1 is 1.24 bits per heavy atom. The molecule has 1 rings (SSSR count). The quantitative estimate of drug-likeness (QED) is 0.470. The largest absolute Gasteiger partial charge is 0.393 e. The summed E-state index contributed by atoms with van der Waals surface area (Å²) in [6, 6.07) is 0. The van der Waals surface area contributed by atoms with Crippen LogP contribution in [0.25, 0.3) is 0 Å². The second kappa shape index (κ2) is 10.1. The van der Waals surface area contributed by atoms with Crippen molar-refractivity contribution in [2.45, 2.75) is 103 Å². The van der Waals surface area contributed by atoms with E-state index in [0.29, 0.717) is 11.8 Å². The minimum absolute atomic E-state index is 0.128. The molecule has 1 N–H and O–H groups in total. The summed E-state index contributed by atoms with van der Waals surface area (Å²) in [4.78, 5) is 0. The molecule has 3 heteroatoms. The highest BCUT2D eigenvalue weighted by molar-refractivity contribution is 6.20. The third kappa shape index (κ3) is 7.34. The van der Waals surface area contributed by atoms with Crippen LogP contribution >= 0.6 is 11.6 Å². The van der Waals surface area contributed by atoms with Crippen molar-refractivity contribution in [1.82, 2.24) is 0 Å². The lowest BCUT2D eigenvalue weighted by molar-refractivity contribution is -0.0901. The Balaban J connectivity index is 2.35. The summed E-state index contributed by atoms with van der Waals surface area (Å²) in [6.07, 6.45) is 8.90. The van der Waals surface area contributed by atoms with Gasteiger partial charge >= 0.3 is 0 Å². The van der Waals surface area contributed by atoms with Crippen molar-refractivity contribution in [2.75, 3.05) is 0 Å². The molecule has 0 amide bonds. The van der Waals surface area contributed by atoms with E-state index >= 15 is 0 Å². The number of hydrogen-bond acceptors (Lipinski definition) is 2. The molecule has 126 valence electrons. The van der Waals surface area contributed by atoms with E-state index in [0.717, 1.165) is 19.3 Å². The van der Waals surface area contributed by atoms with Crippen molar-refractivity contribution >= 4 is 11.6 Å². The first kappa shape index (κ1) is 19.3. The minimum atomic E-state index is -0.257. The predicted octanol–water partition coefficient (Wildman–Crippen LogP) is 5.15. The van der Waals surface area contributed by atoms with Gasteiger partial charge in [-0.1, -0.05) is 46.5 Å². The zero-order valence-electron chi connectivity index (χ0n) is 14.4. The molecular formula is C18H35ClO2. The number of alkyl halides is 1. The molecule has 0 saturated carbocycles. The van der Waals surface area contributed by atoms with E-state index in [9.17, 15) is 5.11 Å². The van der Waals surface area contributed by atoms with Crippen LogP contribution in [0, 0.1) is 11.8 Å². The molecule has 5 atom stereocenters. The summed E-state index contributed by atoms with van der Waals surface area (Å²) in [5.74, 6) is 1.00. The zero-order valence-corrected chi connectivity index (χ0v) is 15.1. The summed E-state index contributed by atoms with van der Waals surface area (Å²) in [7, 11) is 0. The van der Waals surface area contributed by atoms with Crippen LogP contribution in [0.15, 0.2) is 0 Å². The minimum Gasteiger partial charge on any atom is -0.393 e. The summed E-state index contributed by atoms with van der Waals surface area (Å²) < 4.78 is 6.13. The van der Waals surface area contributed by atoms with Crippen LogP contribution in [0.5, 0.6) is 0 Å². The van der Waals surface area contributed by atoms with E-state index in [1.807, 2.05) is 0 Å². The van der Waals surface area contributed by atoms with Gasteiger partial charge < -0.3 is 9.84 Å². The van der Waals surface area contributed by atoms with Crippen molar-refractivity contribution in [3.63, 3.8) is 0 Å². The zero-order chi connectivity index (χ0) is 15.8. The van der Waals surface area contributed by atoms with Crippen molar-refractivity contribution in [3.8, 4) is 0 Å². The van der Waals surface area contributed by atoms with Crippen LogP contribution in [0.1, 0.15) is 79.1 Å². The first-order valence-electron chi connectivity index (χ1n) is 8.91. The number of ether oxygens (including phenoxy) is 1. The standard InChI is InChI=1S/C18H35ClO2/c1-5-6-7-8-9-17-14(4)21-16(12-18(17)19)11-15(20)10-13(2)3/h13-18,20H,5-12H2,1-4H3/t14-,15+,16+,17+,18-/m0/s1. The lowest BCUT2D eigenvalue weighted by atomic mass is 9.85. The molecule has 0 spiro atoms. The van der Waals surface area contributed by atoms with E-state index in [2.05, 4.69) is 27.7 Å². The van der Waals surface area contributed by atoms with E-state index in [-0.39, 0.29) is 23.7 Å². The first-order chi connectivity index (χ1) is 9.93. The molecule has 2 nitrogen and oxygen atoms in total. The Morgan fingerprint density at radius 2 is 1.95 bits per heavy atom. The molecule has 0 aromatic heterocycles. The third-order valence-electron chi connectivity index (χ3n) is 4.63. The van der Waals surface area contributed by atoms with Gasteiger partial charge in [-0.25, -0.2) is 0 Å². The van der Waals surface area contributed by atoms with Crippen LogP contribution in [0.3, 0.4) is 0 Å². The molecule has 1 saturated heterocycles. The van der Waals surface area contributed by atoms with E-state index < -0.39 is 0 Å². The Kier molecular flexibility index (Phi) is 9.24. The van der Waals surface area contributed by atoms with Crippen LogP contribution in [0.2, 0.25) is 0 Å². The second-order valence-corrected chi connectivity index (χ2v) is 7.81. The highest BCUT2D eigenvalue weighted by atomic mass is 35.5. The fraction of sp³-hybridized carbons (Fsp3) is 1.00. The molecule has 0 aromatic carbocycles. The summed E-state index contributed by atoms with van der Waals surface area (Å²) in [5.41, 5.74) is 0. The van der Waals surface area contributed by atoms with E-state index in [1.165, 1.54) is 32.1 Å². The van der Waals surface area contributed by atoms with E-state index in [1.54, 1.807) is 0 Å². The molecule has 0 radical (unpaired) electrons. The van der Waals surface area contributed by atoms with Gasteiger partial charge in [0.1, 0.15) is 0 Å². The summed E-state index contributed by atoms with van der Waals surface area (Å²) >= 11 is 6.61. The normalized spacial score (nSPS) is 31.6. The van der Waals surface area contributed by atoms with Crippen molar-refractivity contribution in [1.29, 1.82) is 0 Å². The summed E-state index contributed by atoms with van der Waals surface area (Å²) in [5, 5.41) is 10.3. The molecule has 0 aliphatic carbocycles. The van der Waals surface area contributed by atoms with Gasteiger partial charge in [-0.05, 0) is 38.5 Å². The summed E-state index contributed by atoms with van der Waals surface area (Å²) in [6.45, 7) is 8.68. The van der Waals surface area contributed by atoms with Gasteiger partial charge in [0.25, 0.3) is 0 Å². The molecule has 0 bridgehead atoms. The maximum Gasteiger partial charge on any atom is 0.0617 e. The Bertz CT molecular complexity index is 258. The smallest absolute Gasteiger partial charge is 0.0617 e. The van der Waals surface area contributed by atoms with Crippen LogP contribution < -0.4 is 0 Å². The number of halogens is 1. The van der Waals surface area contributed by atoms with E-state index in [4.69, 9.17) is 16.3 Å². The third-order valence-corrected chi connectivity index (χ3v) is 5.13. The monoisotopic (exact) mass is 318 g/mol. The van der Waals surface area contributed by atoms with Crippen molar-refractivity contribution in [2.24, 2.45) is 11.8 Å². The molecular weight excluding hydrogens is 284 g/mol. The fourth-order valence-corrected chi connectivity index (χ4v) is 4.03. The maximum atomic E-state index is 10.1. The lowest BCUT2D eigenvalue weighted by Gasteiger charge is -2.39. The average molecular weight is 319 g/mol. The molecule has 0 unspecified atom stereocenters. The molecule has 1 aliphatic rings. The van der Waals surface area contributed by atoms with Gasteiger partial charge in [-0.2, -0.15) is 0 Å². The molecule has 1 aliphatic heterocycles. The molecule has 0 aromatic rings. The number of aliphatic hydroxyl groups is 1. The van der Waals surface area contributed by atoms with Crippen LogP contribution in [-0.4, -0.2) is 28.8 Å². The highest BCUT2D eigenvalue weighted by Crippen LogP contribution is 2.35. The number of unbranched alkanes of at least 4 members (excludes halogenated alkanes) is 3. The Hall–Kier alpha value is 0.210. The highest BCUT2D eigenvalue weighted by Gasteiger charge is 2.35. The molecule has 1 fully saturated rings. The second-order valence-electron chi connectivity index (χ2n) is 7.25. The molecule has 21 heavy (non-hydrogen) atoms. The van der Waals surface area contributed by atoms with Gasteiger partial charge in [0.05, 0.1) is 18.3 Å². The van der Waals surface area contributed by atoms with Gasteiger partial charge in [0.2, 0.25) is 0 Å². The number of aliphatic hydroxyl groups excluding tert-OH is 1. The van der Waals surface area contributed by atoms with Crippen LogP contribution in [0.4, 0.5) is 0 Å². The number of hydrogen-bond donors (Lipinski definition) is 1. The van der Waals surface area contributed by atoms with Gasteiger partial charge in [-0.15, -0.1) is 11.6 Å². The molecule has 1 heterocycles. The van der Waals surface area contributed by atoms with Crippen molar-refractivity contribution < 1.29 is 9.84 Å². The Labute approximate surface area is 136 Å². The van der Waals surface area contributed by atoms with Crippen LogP contribution in [-0.2, 0) is 4.74 Å². The van der Waals surface area contributed by atoms with Gasteiger partial charge in [0, 0.05) is 11.3 Å². The topological polar surface area (TPSA) is 29.5 Å².